The fourth-order valence-corrected chi connectivity index (χ4v) is 4.45. The van der Waals surface area contributed by atoms with Crippen LogP contribution in [0.25, 0.3) is 0 Å². The first-order valence-electron chi connectivity index (χ1n) is 7.92. The summed E-state index contributed by atoms with van der Waals surface area (Å²) < 4.78 is 30.7. The Bertz CT molecular complexity index is 530. The Hall–Kier alpha value is -0.700. The molecule has 126 valence electrons. The number of amides is 1. The molecule has 0 aromatic rings. The first-order chi connectivity index (χ1) is 10.3. The molecule has 3 atom stereocenters. The molecule has 22 heavy (non-hydrogen) atoms. The monoisotopic (exact) mass is 331 g/mol. The van der Waals surface area contributed by atoms with Crippen molar-refractivity contribution in [1.82, 2.24) is 14.1 Å². The maximum atomic E-state index is 12.6. The van der Waals surface area contributed by atoms with E-state index in [1.54, 1.807) is 0 Å². The molecule has 0 unspecified atom stereocenters. The summed E-state index contributed by atoms with van der Waals surface area (Å²) >= 11 is 0. The zero-order valence-electron chi connectivity index (χ0n) is 13.3. The predicted octanol–water partition coefficient (Wildman–Crippen LogP) is -0.801. The van der Waals surface area contributed by atoms with Crippen molar-refractivity contribution in [2.24, 2.45) is 5.92 Å². The van der Waals surface area contributed by atoms with Crippen molar-refractivity contribution in [1.29, 1.82) is 0 Å². The van der Waals surface area contributed by atoms with Crippen LogP contribution in [0.15, 0.2) is 0 Å². The van der Waals surface area contributed by atoms with Crippen LogP contribution in [0.5, 0.6) is 0 Å². The van der Waals surface area contributed by atoms with E-state index in [1.165, 1.54) is 10.6 Å². The summed E-state index contributed by atoms with van der Waals surface area (Å²) in [7, 11) is -1.12. The number of fused-ring (bicyclic) bond motifs is 1. The van der Waals surface area contributed by atoms with Crippen LogP contribution in [0, 0.1) is 5.92 Å². The summed E-state index contributed by atoms with van der Waals surface area (Å²) in [6.07, 6.45) is 2.22. The first-order valence-corrected chi connectivity index (χ1v) is 9.77. The van der Waals surface area contributed by atoms with Gasteiger partial charge >= 0.3 is 0 Å². The fourth-order valence-electron chi connectivity index (χ4n) is 3.59. The lowest BCUT2D eigenvalue weighted by Crippen LogP contribution is -2.50. The second-order valence-corrected chi connectivity index (χ2v) is 8.68. The van der Waals surface area contributed by atoms with Crippen LogP contribution < -0.4 is 0 Å². The van der Waals surface area contributed by atoms with Crippen molar-refractivity contribution in [2.75, 3.05) is 52.6 Å². The van der Waals surface area contributed by atoms with Crippen molar-refractivity contribution >= 4 is 15.9 Å². The minimum atomic E-state index is -3.18. The van der Waals surface area contributed by atoms with Crippen molar-refractivity contribution in [2.45, 2.75) is 25.0 Å². The number of piperazine rings is 1. The Kier molecular flexibility index (Phi) is 4.46. The third-order valence-corrected chi connectivity index (χ3v) is 6.34. The van der Waals surface area contributed by atoms with E-state index in [0.29, 0.717) is 19.0 Å². The standard InChI is InChI=1S/C14H25N3O4S/c1-15-5-7-16(8-6-15)14(18)12-9-11-3-4-17(22(2,19)20)10-13(11)21-12/h11-13H,3-10H2,1-2H3/t11-,12-,13+/m0/s1. The van der Waals surface area contributed by atoms with Crippen LogP contribution in [0.1, 0.15) is 12.8 Å². The second-order valence-electron chi connectivity index (χ2n) is 6.70. The Balaban J connectivity index is 1.59. The van der Waals surface area contributed by atoms with Gasteiger partial charge in [-0.3, -0.25) is 4.79 Å². The quantitative estimate of drug-likeness (QED) is 0.663. The third kappa shape index (κ3) is 3.29. The molecule has 3 rings (SSSR count). The summed E-state index contributed by atoms with van der Waals surface area (Å²) in [5.41, 5.74) is 0. The van der Waals surface area contributed by atoms with E-state index < -0.39 is 16.1 Å². The molecule has 0 radical (unpaired) electrons. The number of hydrogen-bond acceptors (Lipinski definition) is 5. The van der Waals surface area contributed by atoms with E-state index >= 15 is 0 Å². The van der Waals surface area contributed by atoms with E-state index in [0.717, 1.165) is 39.0 Å². The lowest BCUT2D eigenvalue weighted by atomic mass is 9.92. The number of ether oxygens (including phenoxy) is 1. The Morgan fingerprint density at radius 2 is 1.82 bits per heavy atom. The summed E-state index contributed by atoms with van der Waals surface area (Å²) in [5, 5.41) is 0. The molecule has 3 fully saturated rings. The van der Waals surface area contributed by atoms with Crippen molar-refractivity contribution in [3.8, 4) is 0 Å². The molecular formula is C14H25N3O4S. The molecule has 1 amide bonds. The summed E-state index contributed by atoms with van der Waals surface area (Å²) in [6.45, 7) is 4.22. The lowest BCUT2D eigenvalue weighted by molar-refractivity contribution is -0.144. The lowest BCUT2D eigenvalue weighted by Gasteiger charge is -2.34. The van der Waals surface area contributed by atoms with Gasteiger partial charge in [-0.25, -0.2) is 8.42 Å². The second kappa shape index (κ2) is 6.07. The number of likely N-dealkylation sites (N-methyl/N-ethyl adjacent to an activating group) is 1. The van der Waals surface area contributed by atoms with Crippen LogP contribution in [-0.4, -0.2) is 93.2 Å². The zero-order chi connectivity index (χ0) is 15.9. The first kappa shape index (κ1) is 16.2. The molecule has 0 bridgehead atoms. The van der Waals surface area contributed by atoms with E-state index in [9.17, 15) is 13.2 Å². The SMILES string of the molecule is CN1CCN(C(=O)[C@@H]2C[C@@H]3CCN(S(C)(=O)=O)C[C@H]3O2)CC1. The highest BCUT2D eigenvalue weighted by molar-refractivity contribution is 7.88. The normalized spacial score (nSPS) is 34.6. The van der Waals surface area contributed by atoms with Gasteiger partial charge in [-0.1, -0.05) is 0 Å². The maximum absolute atomic E-state index is 12.6. The Morgan fingerprint density at radius 3 is 2.45 bits per heavy atom. The van der Waals surface area contributed by atoms with Gasteiger partial charge in [0.2, 0.25) is 10.0 Å². The van der Waals surface area contributed by atoms with Gasteiger partial charge < -0.3 is 14.5 Å². The number of carbonyl (C=O) groups excluding carboxylic acids is 1. The minimum absolute atomic E-state index is 0.0772. The molecule has 0 saturated carbocycles. The van der Waals surface area contributed by atoms with Gasteiger partial charge in [0.1, 0.15) is 6.10 Å². The van der Waals surface area contributed by atoms with Crippen molar-refractivity contribution in [3.05, 3.63) is 0 Å². The minimum Gasteiger partial charge on any atom is -0.363 e. The smallest absolute Gasteiger partial charge is 0.251 e. The summed E-state index contributed by atoms with van der Waals surface area (Å²) in [4.78, 5) is 16.7. The number of piperidine rings is 1. The molecule has 3 aliphatic rings. The maximum Gasteiger partial charge on any atom is 0.251 e. The van der Waals surface area contributed by atoms with Crippen LogP contribution in [-0.2, 0) is 19.6 Å². The number of carbonyl (C=O) groups is 1. The highest BCUT2D eigenvalue weighted by atomic mass is 32.2. The van der Waals surface area contributed by atoms with E-state index in [4.69, 9.17) is 4.74 Å². The van der Waals surface area contributed by atoms with E-state index in [-0.39, 0.29) is 12.0 Å². The van der Waals surface area contributed by atoms with Gasteiger partial charge in [-0.05, 0) is 25.8 Å². The number of hydrogen-bond donors (Lipinski definition) is 0. The zero-order valence-corrected chi connectivity index (χ0v) is 14.1. The van der Waals surface area contributed by atoms with Crippen molar-refractivity contribution in [3.63, 3.8) is 0 Å². The van der Waals surface area contributed by atoms with Gasteiger partial charge in [-0.2, -0.15) is 4.31 Å². The van der Waals surface area contributed by atoms with Gasteiger partial charge in [0.15, 0.2) is 0 Å². The molecule has 8 heteroatoms. The van der Waals surface area contributed by atoms with Crippen LogP contribution >= 0.6 is 0 Å². The van der Waals surface area contributed by atoms with Crippen molar-refractivity contribution < 1.29 is 17.9 Å². The fraction of sp³-hybridized carbons (Fsp3) is 0.929. The molecule has 3 heterocycles. The molecule has 0 spiro atoms. The molecular weight excluding hydrogens is 306 g/mol. The van der Waals surface area contributed by atoms with Gasteiger partial charge in [0.25, 0.3) is 5.91 Å². The van der Waals surface area contributed by atoms with Gasteiger partial charge in [0, 0.05) is 39.3 Å². The number of nitrogens with zero attached hydrogens (tertiary/aromatic N) is 3. The van der Waals surface area contributed by atoms with Gasteiger partial charge in [-0.15, -0.1) is 0 Å². The molecule has 0 aromatic heterocycles. The van der Waals surface area contributed by atoms with Crippen LogP contribution in [0.2, 0.25) is 0 Å². The molecule has 0 N–H and O–H groups in total. The predicted molar refractivity (Wildman–Crippen MR) is 81.9 cm³/mol. The highest BCUT2D eigenvalue weighted by Crippen LogP contribution is 2.34. The molecule has 7 nitrogen and oxygen atoms in total. The van der Waals surface area contributed by atoms with Gasteiger partial charge in [0.05, 0.1) is 12.4 Å². The van der Waals surface area contributed by atoms with E-state index in [1.807, 2.05) is 4.90 Å². The molecule has 0 aromatic carbocycles. The largest absolute Gasteiger partial charge is 0.363 e. The molecule has 3 aliphatic heterocycles. The highest BCUT2D eigenvalue weighted by Gasteiger charge is 2.44. The van der Waals surface area contributed by atoms with Crippen LogP contribution in [0.3, 0.4) is 0 Å². The summed E-state index contributed by atoms with van der Waals surface area (Å²) in [5.74, 6) is 0.382. The average molecular weight is 331 g/mol. The van der Waals surface area contributed by atoms with Crippen LogP contribution in [0.4, 0.5) is 0 Å². The Morgan fingerprint density at radius 1 is 1.14 bits per heavy atom. The number of sulfonamides is 1. The summed E-state index contributed by atoms with van der Waals surface area (Å²) in [6, 6.07) is 0. The van der Waals surface area contributed by atoms with E-state index in [2.05, 4.69) is 11.9 Å². The topological polar surface area (TPSA) is 70.2 Å². The Labute approximate surface area is 132 Å². The molecule has 0 aliphatic carbocycles. The molecule has 3 saturated heterocycles. The third-order valence-electron chi connectivity index (χ3n) is 5.07. The average Bonchev–Trinajstić information content (AvgIpc) is 2.89. The number of rotatable bonds is 2.